The molecular weight excluding hydrogens is 433 g/mol. The van der Waals surface area contributed by atoms with Gasteiger partial charge in [-0.15, -0.1) is 0 Å². The van der Waals surface area contributed by atoms with Gasteiger partial charge < -0.3 is 0 Å². The first-order valence-corrected chi connectivity index (χ1v) is 9.22. The number of hydrogen-bond donors (Lipinski definition) is 0. The van der Waals surface area contributed by atoms with Crippen LogP contribution in [0.3, 0.4) is 0 Å². The molecule has 0 spiro atoms. The molecule has 0 fully saturated rings. The van der Waals surface area contributed by atoms with Crippen molar-refractivity contribution in [1.82, 2.24) is 0 Å². The zero-order valence-corrected chi connectivity index (χ0v) is 13.1. The average molecular weight is 448 g/mol. The summed E-state index contributed by atoms with van der Waals surface area (Å²) in [6.07, 6.45) is 0. The predicted molar refractivity (Wildman–Crippen MR) is 74.9 cm³/mol. The molecule has 2 aromatic carbocycles. The van der Waals surface area contributed by atoms with E-state index in [1.807, 2.05) is 0 Å². The van der Waals surface area contributed by atoms with E-state index in [4.69, 9.17) is 0 Å². The molecule has 0 aliphatic heterocycles. The summed E-state index contributed by atoms with van der Waals surface area (Å²) in [6, 6.07) is 21.3. The molecule has 0 saturated carbocycles. The fourth-order valence-electron chi connectivity index (χ4n) is 1.48. The first-order valence-electron chi connectivity index (χ1n) is 5.27. The molecule has 0 heterocycles. The molecule has 0 atom stereocenters. The first kappa shape index (κ1) is 14.9. The monoisotopic (exact) mass is 447 g/mol. The van der Waals surface area contributed by atoms with E-state index in [2.05, 4.69) is 69.9 Å². The Labute approximate surface area is 124 Å². The summed E-state index contributed by atoms with van der Waals surface area (Å²) in [5.74, 6) is 2.30. The van der Waals surface area contributed by atoms with Crippen molar-refractivity contribution < 1.29 is 20.0 Å². The van der Waals surface area contributed by atoms with Crippen LogP contribution in [0, 0.1) is 0 Å². The zero-order valence-electron chi connectivity index (χ0n) is 9.31. The summed E-state index contributed by atoms with van der Waals surface area (Å²) >= 11 is 3.22. The number of thiol groups is 1. The molecule has 0 nitrogen and oxygen atoms in total. The molecule has 0 N–H and O–H groups in total. The van der Waals surface area contributed by atoms with Gasteiger partial charge in [0.2, 0.25) is 0 Å². The van der Waals surface area contributed by atoms with Crippen LogP contribution in [0.2, 0.25) is 0 Å². The maximum Gasteiger partial charge on any atom is 0.131 e. The molecule has 0 aromatic heterocycles. The van der Waals surface area contributed by atoms with E-state index in [0.717, 1.165) is 11.5 Å². The van der Waals surface area contributed by atoms with Gasteiger partial charge >= 0.3 is 29.2 Å². The standard InChI is InChI=1S/C14H14S.Au.ClH/c1-3-7-13(8-4-1)11-15-12-14-9-5-2-6-10-14;;/h1-10H,11-12H2;;1H/q;+1;. The smallest absolute Gasteiger partial charge is 0.0622 e. The third-order valence-electron chi connectivity index (χ3n) is 2.27. The van der Waals surface area contributed by atoms with E-state index in [9.17, 15) is 0 Å². The van der Waals surface area contributed by atoms with Gasteiger partial charge in [-0.1, -0.05) is 60.7 Å². The maximum absolute atomic E-state index is 4.58. The molecule has 0 saturated heterocycles. The molecule has 2 aromatic rings. The van der Waals surface area contributed by atoms with Crippen LogP contribution in [0.5, 0.6) is 0 Å². The van der Waals surface area contributed by atoms with Crippen LogP contribution in [0.1, 0.15) is 11.1 Å². The third kappa shape index (κ3) is 6.35. The molecule has 0 bridgehead atoms. The van der Waals surface area contributed by atoms with E-state index >= 15 is 0 Å². The van der Waals surface area contributed by atoms with Gasteiger partial charge in [0.25, 0.3) is 0 Å². The Bertz CT molecular complexity index is 352. The molecule has 0 unspecified atom stereocenters. The molecular formula is C14H15AuClS+. The van der Waals surface area contributed by atoms with Crippen LogP contribution in [0.4, 0.5) is 0 Å². The summed E-state index contributed by atoms with van der Waals surface area (Å²) in [7, 11) is 4.58. The van der Waals surface area contributed by atoms with Crippen LogP contribution in [-0.2, 0) is 43.3 Å². The Kier molecular flexibility index (Phi) is 8.59. The molecule has 2 rings (SSSR count). The number of hydrogen-bond acceptors (Lipinski definition) is 0. The van der Waals surface area contributed by atoms with E-state index in [0.29, 0.717) is 0 Å². The van der Waals surface area contributed by atoms with E-state index < -0.39 is 0 Å². The van der Waals surface area contributed by atoms with Crippen LogP contribution < -0.4 is 0 Å². The van der Waals surface area contributed by atoms with Crippen LogP contribution >= 0.6 is 9.19 Å². The fourth-order valence-corrected chi connectivity index (χ4v) is 2.53. The topological polar surface area (TPSA) is 0 Å². The molecule has 0 amide bonds. The van der Waals surface area contributed by atoms with E-state index in [1.165, 1.54) is 22.9 Å². The SMILES string of the molecule is [Cl][Au].c1ccc(C[SH+]Cc2ccccc2)cc1. The zero-order chi connectivity index (χ0) is 12.3. The van der Waals surface area contributed by atoms with Crippen LogP contribution in [0.15, 0.2) is 60.7 Å². The summed E-state index contributed by atoms with van der Waals surface area (Å²) in [5, 5.41) is 0. The van der Waals surface area contributed by atoms with Gasteiger partial charge in [0.05, 0.1) is 0 Å². The molecule has 0 radical (unpaired) electrons. The fraction of sp³-hybridized carbons (Fsp3) is 0.143. The van der Waals surface area contributed by atoms with Gasteiger partial charge in [0.15, 0.2) is 0 Å². The first-order chi connectivity index (χ1) is 8.45. The Balaban J connectivity index is 0.000000686. The van der Waals surface area contributed by atoms with Crippen LogP contribution in [-0.4, -0.2) is 0 Å². The number of halogens is 1. The van der Waals surface area contributed by atoms with Gasteiger partial charge in [-0.05, 0) is 11.8 Å². The van der Waals surface area contributed by atoms with Crippen LogP contribution in [0.25, 0.3) is 0 Å². The minimum Gasteiger partial charge on any atom is -0.0622 e. The second-order valence-electron chi connectivity index (χ2n) is 3.51. The number of benzene rings is 2. The maximum atomic E-state index is 4.58. The quantitative estimate of drug-likeness (QED) is 0.379. The normalized spacial score (nSPS) is 9.35. The molecule has 0 aliphatic carbocycles. The second-order valence-corrected chi connectivity index (χ2v) is 4.59. The molecule has 94 valence electrons. The van der Waals surface area contributed by atoms with Crippen molar-refractivity contribution in [3.05, 3.63) is 71.8 Å². The average Bonchev–Trinajstić information content (AvgIpc) is 2.43. The molecule has 3 heteroatoms. The predicted octanol–water partition coefficient (Wildman–Crippen LogP) is 3.89. The minimum absolute atomic E-state index is 1.15. The molecule has 0 aliphatic rings. The number of rotatable bonds is 4. The van der Waals surface area contributed by atoms with Crippen molar-refractivity contribution in [3.8, 4) is 0 Å². The van der Waals surface area contributed by atoms with E-state index in [1.54, 1.807) is 20.0 Å². The largest absolute Gasteiger partial charge is 0.131 e. The van der Waals surface area contributed by atoms with Gasteiger partial charge in [-0.2, -0.15) is 0 Å². The Morgan fingerprint density at radius 3 is 1.41 bits per heavy atom. The Morgan fingerprint density at radius 2 is 1.06 bits per heavy atom. The van der Waals surface area contributed by atoms with E-state index in [-0.39, 0.29) is 0 Å². The Morgan fingerprint density at radius 1 is 0.706 bits per heavy atom. The summed E-state index contributed by atoms with van der Waals surface area (Å²) in [5.41, 5.74) is 2.85. The van der Waals surface area contributed by atoms with Crippen molar-refractivity contribution in [2.45, 2.75) is 11.5 Å². The van der Waals surface area contributed by atoms with Crippen molar-refractivity contribution in [1.29, 1.82) is 0 Å². The second kappa shape index (κ2) is 9.81. The summed E-state index contributed by atoms with van der Waals surface area (Å²) < 4.78 is 0. The van der Waals surface area contributed by atoms with Crippen molar-refractivity contribution >= 4 is 21.0 Å². The van der Waals surface area contributed by atoms with Crippen molar-refractivity contribution in [2.24, 2.45) is 0 Å². The summed E-state index contributed by atoms with van der Waals surface area (Å²) in [6.45, 7) is 0. The third-order valence-corrected chi connectivity index (χ3v) is 3.45. The van der Waals surface area contributed by atoms with Crippen molar-refractivity contribution in [2.75, 3.05) is 0 Å². The minimum atomic E-state index is 1.15. The summed E-state index contributed by atoms with van der Waals surface area (Å²) in [4.78, 5) is 0. The van der Waals surface area contributed by atoms with Gasteiger partial charge in [0, 0.05) is 11.1 Å². The van der Waals surface area contributed by atoms with Crippen molar-refractivity contribution in [3.63, 3.8) is 0 Å². The Hall–Kier alpha value is -0.180. The molecule has 17 heavy (non-hydrogen) atoms. The van der Waals surface area contributed by atoms with Gasteiger partial charge in [0.1, 0.15) is 11.5 Å². The van der Waals surface area contributed by atoms with Gasteiger partial charge in [-0.25, -0.2) is 0 Å². The van der Waals surface area contributed by atoms with Gasteiger partial charge in [-0.3, -0.25) is 0 Å².